The summed E-state index contributed by atoms with van der Waals surface area (Å²) in [5.41, 5.74) is 0.908. The molecule has 1 rings (SSSR count). The SMILES string of the molecule is CCOCCN(C)C(=O)c1ncccc1C#CCCO. The van der Waals surface area contributed by atoms with Crippen molar-refractivity contribution >= 4 is 5.91 Å². The van der Waals surface area contributed by atoms with Crippen molar-refractivity contribution in [2.24, 2.45) is 0 Å². The molecule has 0 bridgehead atoms. The Morgan fingerprint density at radius 2 is 2.35 bits per heavy atom. The normalized spacial score (nSPS) is 9.75. The minimum absolute atomic E-state index is 0.00476. The minimum atomic E-state index is -0.182. The zero-order valence-corrected chi connectivity index (χ0v) is 11.9. The van der Waals surface area contributed by atoms with Crippen molar-refractivity contribution in [1.29, 1.82) is 0 Å². The topological polar surface area (TPSA) is 62.7 Å². The Kier molecular flexibility index (Phi) is 7.33. The molecule has 0 atom stereocenters. The summed E-state index contributed by atoms with van der Waals surface area (Å²) in [6.07, 6.45) is 1.95. The summed E-state index contributed by atoms with van der Waals surface area (Å²) in [5.74, 6) is 5.49. The molecular weight excluding hydrogens is 256 g/mol. The van der Waals surface area contributed by atoms with Crippen LogP contribution in [0.5, 0.6) is 0 Å². The van der Waals surface area contributed by atoms with E-state index in [1.165, 1.54) is 0 Å². The number of carbonyl (C=O) groups excluding carboxylic acids is 1. The van der Waals surface area contributed by atoms with E-state index in [1.54, 1.807) is 30.3 Å². The Morgan fingerprint density at radius 3 is 3.05 bits per heavy atom. The maximum absolute atomic E-state index is 12.3. The average molecular weight is 276 g/mol. The van der Waals surface area contributed by atoms with Crippen LogP contribution in [0.25, 0.3) is 0 Å². The summed E-state index contributed by atoms with van der Waals surface area (Å²) in [4.78, 5) is 18.0. The second kappa shape index (κ2) is 9.08. The molecular formula is C15H20N2O3. The highest BCUT2D eigenvalue weighted by Gasteiger charge is 2.15. The Morgan fingerprint density at radius 1 is 1.55 bits per heavy atom. The second-order valence-corrected chi connectivity index (χ2v) is 4.10. The van der Waals surface area contributed by atoms with Gasteiger partial charge in [0.1, 0.15) is 5.69 Å². The van der Waals surface area contributed by atoms with Gasteiger partial charge in [0.05, 0.1) is 18.8 Å². The summed E-state index contributed by atoms with van der Waals surface area (Å²) in [5, 5.41) is 8.72. The number of carbonyl (C=O) groups is 1. The molecule has 0 unspecified atom stereocenters. The molecule has 0 aromatic carbocycles. The Labute approximate surface area is 119 Å². The van der Waals surface area contributed by atoms with Crippen LogP contribution in [0.2, 0.25) is 0 Å². The molecule has 0 aliphatic rings. The number of rotatable bonds is 6. The summed E-state index contributed by atoms with van der Waals surface area (Å²) in [6, 6.07) is 3.49. The predicted molar refractivity (Wildman–Crippen MR) is 76.3 cm³/mol. The highest BCUT2D eigenvalue weighted by molar-refractivity contribution is 5.94. The van der Waals surface area contributed by atoms with Gasteiger partial charge in [-0.2, -0.15) is 0 Å². The number of aromatic nitrogens is 1. The third-order valence-electron chi connectivity index (χ3n) is 2.59. The first kappa shape index (κ1) is 16.2. The highest BCUT2D eigenvalue weighted by atomic mass is 16.5. The monoisotopic (exact) mass is 276 g/mol. The summed E-state index contributed by atoms with van der Waals surface area (Å²) in [7, 11) is 1.71. The van der Waals surface area contributed by atoms with E-state index in [1.807, 2.05) is 6.92 Å². The highest BCUT2D eigenvalue weighted by Crippen LogP contribution is 2.07. The van der Waals surface area contributed by atoms with Crippen LogP contribution >= 0.6 is 0 Å². The van der Waals surface area contributed by atoms with E-state index in [0.29, 0.717) is 37.4 Å². The first-order chi connectivity index (χ1) is 9.70. The van der Waals surface area contributed by atoms with Crippen molar-refractivity contribution in [3.63, 3.8) is 0 Å². The van der Waals surface area contributed by atoms with Crippen molar-refractivity contribution in [2.45, 2.75) is 13.3 Å². The quantitative estimate of drug-likeness (QED) is 0.620. The van der Waals surface area contributed by atoms with E-state index in [9.17, 15) is 4.79 Å². The number of pyridine rings is 1. The third kappa shape index (κ3) is 5.00. The standard InChI is InChI=1S/C15H20N2O3/c1-3-20-12-10-17(2)15(19)14-13(7-4-5-11-18)8-6-9-16-14/h6,8-9,18H,3,5,10-12H2,1-2H3. The van der Waals surface area contributed by atoms with E-state index in [2.05, 4.69) is 16.8 Å². The smallest absolute Gasteiger partial charge is 0.273 e. The Hall–Kier alpha value is -1.90. The van der Waals surface area contributed by atoms with Gasteiger partial charge in [-0.05, 0) is 19.1 Å². The lowest BCUT2D eigenvalue weighted by Crippen LogP contribution is -2.31. The molecule has 0 saturated heterocycles. The predicted octanol–water partition coefficient (Wildman–Crippen LogP) is 0.924. The van der Waals surface area contributed by atoms with Crippen LogP contribution in [0.1, 0.15) is 29.4 Å². The van der Waals surface area contributed by atoms with E-state index in [4.69, 9.17) is 9.84 Å². The lowest BCUT2D eigenvalue weighted by molar-refractivity contribution is 0.0704. The molecule has 0 fully saturated rings. The fourth-order valence-electron chi connectivity index (χ4n) is 1.52. The van der Waals surface area contributed by atoms with Gasteiger partial charge in [0.15, 0.2) is 0 Å². The van der Waals surface area contributed by atoms with Gasteiger partial charge in [-0.3, -0.25) is 4.79 Å². The zero-order valence-electron chi connectivity index (χ0n) is 11.9. The van der Waals surface area contributed by atoms with Gasteiger partial charge in [0.25, 0.3) is 5.91 Å². The molecule has 1 N–H and O–H groups in total. The molecule has 1 aromatic rings. The molecule has 1 amide bonds. The van der Waals surface area contributed by atoms with Gasteiger partial charge in [-0.25, -0.2) is 4.98 Å². The number of likely N-dealkylation sites (N-methyl/N-ethyl adjacent to an activating group) is 1. The zero-order chi connectivity index (χ0) is 14.8. The molecule has 108 valence electrons. The number of aliphatic hydroxyl groups is 1. The van der Waals surface area contributed by atoms with Crippen LogP contribution in [0.15, 0.2) is 18.3 Å². The summed E-state index contributed by atoms with van der Waals surface area (Å²) in [6.45, 7) is 3.55. The minimum Gasteiger partial charge on any atom is -0.395 e. The molecule has 0 saturated carbocycles. The first-order valence-electron chi connectivity index (χ1n) is 6.58. The number of hydrogen-bond donors (Lipinski definition) is 1. The lowest BCUT2D eigenvalue weighted by Gasteiger charge is -2.17. The maximum Gasteiger partial charge on any atom is 0.273 e. The molecule has 5 nitrogen and oxygen atoms in total. The van der Waals surface area contributed by atoms with Gasteiger partial charge in [-0.15, -0.1) is 0 Å². The van der Waals surface area contributed by atoms with Gasteiger partial charge in [0, 0.05) is 32.8 Å². The second-order valence-electron chi connectivity index (χ2n) is 4.10. The molecule has 1 aromatic heterocycles. The van der Waals surface area contributed by atoms with Crippen LogP contribution in [0.4, 0.5) is 0 Å². The molecule has 1 heterocycles. The fraction of sp³-hybridized carbons (Fsp3) is 0.467. The van der Waals surface area contributed by atoms with Crippen LogP contribution < -0.4 is 0 Å². The van der Waals surface area contributed by atoms with E-state index in [-0.39, 0.29) is 12.5 Å². The summed E-state index contributed by atoms with van der Waals surface area (Å²) >= 11 is 0. The fourth-order valence-corrected chi connectivity index (χ4v) is 1.52. The molecule has 0 spiro atoms. The number of ether oxygens (including phenoxy) is 1. The average Bonchev–Trinajstić information content (AvgIpc) is 2.47. The molecule has 0 radical (unpaired) electrons. The Balaban J connectivity index is 2.79. The van der Waals surface area contributed by atoms with Crippen molar-refractivity contribution in [3.8, 4) is 11.8 Å². The summed E-state index contributed by atoms with van der Waals surface area (Å²) < 4.78 is 5.23. The first-order valence-corrected chi connectivity index (χ1v) is 6.58. The Bertz CT molecular complexity index is 491. The van der Waals surface area contributed by atoms with Crippen LogP contribution in [0, 0.1) is 11.8 Å². The lowest BCUT2D eigenvalue weighted by atomic mass is 10.1. The van der Waals surface area contributed by atoms with Crippen LogP contribution in [-0.4, -0.2) is 54.3 Å². The molecule has 20 heavy (non-hydrogen) atoms. The van der Waals surface area contributed by atoms with E-state index in [0.717, 1.165) is 0 Å². The van der Waals surface area contributed by atoms with Crippen molar-refractivity contribution < 1.29 is 14.6 Å². The van der Waals surface area contributed by atoms with Gasteiger partial charge in [-0.1, -0.05) is 11.8 Å². The molecule has 0 aliphatic carbocycles. The maximum atomic E-state index is 12.3. The largest absolute Gasteiger partial charge is 0.395 e. The number of nitrogens with zero attached hydrogens (tertiary/aromatic N) is 2. The number of aliphatic hydroxyl groups excluding tert-OH is 1. The van der Waals surface area contributed by atoms with Crippen molar-refractivity contribution in [1.82, 2.24) is 9.88 Å². The van der Waals surface area contributed by atoms with E-state index >= 15 is 0 Å². The van der Waals surface area contributed by atoms with Crippen molar-refractivity contribution in [3.05, 3.63) is 29.6 Å². The van der Waals surface area contributed by atoms with Crippen molar-refractivity contribution in [2.75, 3.05) is 33.4 Å². The van der Waals surface area contributed by atoms with Gasteiger partial charge < -0.3 is 14.7 Å². The number of amides is 1. The van der Waals surface area contributed by atoms with E-state index < -0.39 is 0 Å². The number of hydrogen-bond acceptors (Lipinski definition) is 4. The third-order valence-corrected chi connectivity index (χ3v) is 2.59. The van der Waals surface area contributed by atoms with Gasteiger partial charge >= 0.3 is 0 Å². The molecule has 0 aliphatic heterocycles. The molecule has 5 heteroatoms. The van der Waals surface area contributed by atoms with Crippen LogP contribution in [0.3, 0.4) is 0 Å². The van der Waals surface area contributed by atoms with Crippen LogP contribution in [-0.2, 0) is 4.74 Å². The van der Waals surface area contributed by atoms with Gasteiger partial charge in [0.2, 0.25) is 0 Å².